The summed E-state index contributed by atoms with van der Waals surface area (Å²) in [7, 11) is 0. The number of nitrogens with zero attached hydrogens (tertiary/aromatic N) is 3. The summed E-state index contributed by atoms with van der Waals surface area (Å²) in [5, 5.41) is 0. The van der Waals surface area contributed by atoms with E-state index in [0.717, 1.165) is 39.9 Å². The van der Waals surface area contributed by atoms with E-state index in [1.807, 2.05) is 49.1 Å². The highest BCUT2D eigenvalue weighted by atomic mass is 16.5. The smallest absolute Gasteiger partial charge is 0.254 e. The number of carbonyl (C=O) groups is 1. The average molecular weight is 534 g/mol. The Morgan fingerprint density at radius 1 is 0.925 bits per heavy atom. The molecule has 1 aliphatic heterocycles. The predicted octanol–water partition coefficient (Wildman–Crippen LogP) is 7.49. The summed E-state index contributed by atoms with van der Waals surface area (Å²) in [6.45, 7) is 15.7. The molecule has 5 nitrogen and oxygen atoms in total. The first-order chi connectivity index (χ1) is 19.0. The fourth-order valence-electron chi connectivity index (χ4n) is 5.67. The molecule has 0 bridgehead atoms. The van der Waals surface area contributed by atoms with Crippen molar-refractivity contribution in [1.82, 2.24) is 14.9 Å². The van der Waals surface area contributed by atoms with E-state index in [1.54, 1.807) is 0 Å². The van der Waals surface area contributed by atoms with Gasteiger partial charge in [-0.1, -0.05) is 74.9 Å². The fourth-order valence-corrected chi connectivity index (χ4v) is 5.67. The quantitative estimate of drug-likeness (QED) is 0.267. The van der Waals surface area contributed by atoms with Gasteiger partial charge < -0.3 is 9.64 Å². The van der Waals surface area contributed by atoms with E-state index in [-0.39, 0.29) is 17.4 Å². The van der Waals surface area contributed by atoms with E-state index in [2.05, 4.69) is 76.0 Å². The highest BCUT2D eigenvalue weighted by Crippen LogP contribution is 2.35. The van der Waals surface area contributed by atoms with Crippen molar-refractivity contribution in [3.05, 3.63) is 111 Å². The van der Waals surface area contributed by atoms with Gasteiger partial charge in [0, 0.05) is 23.7 Å². The fraction of sp³-hybridized carbons (Fsp3) is 0.343. The number of ether oxygens (including phenoxy) is 1. The van der Waals surface area contributed by atoms with E-state index >= 15 is 0 Å². The Morgan fingerprint density at radius 3 is 2.35 bits per heavy atom. The van der Waals surface area contributed by atoms with E-state index in [0.29, 0.717) is 30.4 Å². The minimum atomic E-state index is -0.232. The maximum absolute atomic E-state index is 13.8. The number of amides is 1. The molecule has 3 aromatic carbocycles. The Balaban J connectivity index is 1.50. The van der Waals surface area contributed by atoms with E-state index in [1.165, 1.54) is 11.1 Å². The van der Waals surface area contributed by atoms with Crippen molar-refractivity contribution < 1.29 is 9.53 Å². The van der Waals surface area contributed by atoms with Crippen LogP contribution in [-0.4, -0.2) is 33.9 Å². The Bertz CT molecular complexity index is 1550. The van der Waals surface area contributed by atoms with Gasteiger partial charge in [0.25, 0.3) is 5.91 Å². The summed E-state index contributed by atoms with van der Waals surface area (Å²) in [6.07, 6.45) is 0.816. The molecule has 2 heterocycles. The molecule has 0 fully saturated rings. The minimum absolute atomic E-state index is 0.0259. The summed E-state index contributed by atoms with van der Waals surface area (Å²) in [5.41, 5.74) is 9.83. The molecule has 0 saturated carbocycles. The normalized spacial score (nSPS) is 15.1. The molecule has 40 heavy (non-hydrogen) atoms. The van der Waals surface area contributed by atoms with Gasteiger partial charge in [-0.2, -0.15) is 4.98 Å². The van der Waals surface area contributed by atoms with Crippen LogP contribution in [0.15, 0.2) is 66.7 Å². The van der Waals surface area contributed by atoms with Crippen molar-refractivity contribution in [2.45, 2.75) is 66.3 Å². The van der Waals surface area contributed by atoms with Crippen LogP contribution in [0.4, 0.5) is 0 Å². The van der Waals surface area contributed by atoms with Gasteiger partial charge >= 0.3 is 0 Å². The number of aromatic nitrogens is 2. The van der Waals surface area contributed by atoms with E-state index in [4.69, 9.17) is 9.72 Å². The number of carbonyl (C=O) groups excluding carboxylic acids is 1. The summed E-state index contributed by atoms with van der Waals surface area (Å²) in [5.74, 6) is 1.20. The number of rotatable bonds is 5. The van der Waals surface area contributed by atoms with Gasteiger partial charge in [-0.3, -0.25) is 4.79 Å². The average Bonchev–Trinajstić information content (AvgIpc) is 2.90. The first-order valence-corrected chi connectivity index (χ1v) is 14.1. The monoisotopic (exact) mass is 533 g/mol. The predicted molar refractivity (Wildman–Crippen MR) is 161 cm³/mol. The van der Waals surface area contributed by atoms with E-state index in [9.17, 15) is 4.79 Å². The first kappa shape index (κ1) is 27.6. The van der Waals surface area contributed by atoms with Crippen molar-refractivity contribution in [2.24, 2.45) is 0 Å². The molecule has 1 atom stereocenters. The van der Waals surface area contributed by atoms with Gasteiger partial charge in [-0.25, -0.2) is 4.98 Å². The maximum Gasteiger partial charge on any atom is 0.254 e. The summed E-state index contributed by atoms with van der Waals surface area (Å²) in [6, 6.07) is 22.5. The number of benzene rings is 3. The lowest BCUT2D eigenvalue weighted by molar-refractivity contribution is 0.0586. The lowest BCUT2D eigenvalue weighted by atomic mass is 9.82. The molecule has 5 heteroatoms. The van der Waals surface area contributed by atoms with Crippen molar-refractivity contribution in [2.75, 3.05) is 13.2 Å². The number of fused-ring (bicyclic) bond motifs is 1. The molecule has 4 aromatic rings. The summed E-state index contributed by atoms with van der Waals surface area (Å²) >= 11 is 0. The van der Waals surface area contributed by atoms with Crippen LogP contribution in [0.25, 0.3) is 11.3 Å². The molecule has 5 rings (SSSR count). The van der Waals surface area contributed by atoms with Crippen LogP contribution in [0.3, 0.4) is 0 Å². The molecular weight excluding hydrogens is 494 g/mol. The van der Waals surface area contributed by atoms with Crippen LogP contribution in [-0.2, 0) is 11.8 Å². The van der Waals surface area contributed by atoms with Crippen LogP contribution in [0.2, 0.25) is 0 Å². The second kappa shape index (κ2) is 10.9. The van der Waals surface area contributed by atoms with Gasteiger partial charge in [0.2, 0.25) is 5.88 Å². The van der Waals surface area contributed by atoms with Crippen LogP contribution < -0.4 is 4.74 Å². The van der Waals surface area contributed by atoms with Crippen LogP contribution in [0.5, 0.6) is 5.88 Å². The first-order valence-electron chi connectivity index (χ1n) is 14.1. The van der Waals surface area contributed by atoms with Gasteiger partial charge in [0.15, 0.2) is 0 Å². The number of aryl methyl sites for hydroxylation is 4. The standard InChI is InChI=1S/C35H39N3O2/c1-22-10-8-13-27(18-22)34(39)38-17-16-26-19-28(35(5,6)7)14-15-29(26)31(38)21-40-32-20-30(36-25(4)37-32)33-23(2)11-9-12-24(33)3/h8-15,18-20,31H,16-17,21H2,1-7H3. The highest BCUT2D eigenvalue weighted by Gasteiger charge is 2.33. The van der Waals surface area contributed by atoms with Gasteiger partial charge in [0.1, 0.15) is 12.4 Å². The number of hydrogen-bond donors (Lipinski definition) is 0. The Hall–Kier alpha value is -3.99. The third kappa shape index (κ3) is 5.65. The highest BCUT2D eigenvalue weighted by molar-refractivity contribution is 5.95. The van der Waals surface area contributed by atoms with Crippen molar-refractivity contribution in [1.29, 1.82) is 0 Å². The lowest BCUT2D eigenvalue weighted by Crippen LogP contribution is -2.42. The molecular formula is C35H39N3O2. The maximum atomic E-state index is 13.8. The zero-order valence-electron chi connectivity index (χ0n) is 24.7. The third-order valence-electron chi connectivity index (χ3n) is 7.83. The summed E-state index contributed by atoms with van der Waals surface area (Å²) < 4.78 is 6.42. The second-order valence-corrected chi connectivity index (χ2v) is 12.0. The Labute approximate surface area is 238 Å². The molecule has 1 aliphatic rings. The van der Waals surface area contributed by atoms with Gasteiger partial charge in [-0.05, 0) is 79.5 Å². The number of hydrogen-bond acceptors (Lipinski definition) is 4. The topological polar surface area (TPSA) is 55.3 Å². The van der Waals surface area contributed by atoms with Crippen molar-refractivity contribution in [3.63, 3.8) is 0 Å². The zero-order chi connectivity index (χ0) is 28.6. The van der Waals surface area contributed by atoms with Gasteiger partial charge in [-0.15, -0.1) is 0 Å². The molecule has 0 radical (unpaired) electrons. The van der Waals surface area contributed by atoms with Crippen LogP contribution in [0.1, 0.15) is 76.4 Å². The summed E-state index contributed by atoms with van der Waals surface area (Å²) in [4.78, 5) is 25.1. The lowest BCUT2D eigenvalue weighted by Gasteiger charge is -2.38. The Kier molecular flexibility index (Phi) is 7.50. The second-order valence-electron chi connectivity index (χ2n) is 12.0. The third-order valence-corrected chi connectivity index (χ3v) is 7.83. The van der Waals surface area contributed by atoms with Crippen LogP contribution in [0, 0.1) is 27.7 Å². The molecule has 0 saturated heterocycles. The largest absolute Gasteiger partial charge is 0.475 e. The molecule has 0 spiro atoms. The van der Waals surface area contributed by atoms with Crippen molar-refractivity contribution >= 4 is 5.91 Å². The molecule has 0 N–H and O–H groups in total. The van der Waals surface area contributed by atoms with Crippen LogP contribution >= 0.6 is 0 Å². The SMILES string of the molecule is Cc1cccc(C(=O)N2CCc3cc(C(C)(C)C)ccc3C2COc2cc(-c3c(C)cccc3C)nc(C)n2)c1. The van der Waals surface area contributed by atoms with Gasteiger partial charge in [0.05, 0.1) is 11.7 Å². The zero-order valence-corrected chi connectivity index (χ0v) is 24.7. The Morgan fingerprint density at radius 2 is 1.65 bits per heavy atom. The minimum Gasteiger partial charge on any atom is -0.475 e. The molecule has 0 aliphatic carbocycles. The van der Waals surface area contributed by atoms with Crippen molar-refractivity contribution in [3.8, 4) is 17.1 Å². The van der Waals surface area contributed by atoms with E-state index < -0.39 is 0 Å². The molecule has 1 unspecified atom stereocenters. The molecule has 1 amide bonds. The molecule has 206 valence electrons. The molecule has 1 aromatic heterocycles.